The molecule has 0 aliphatic carbocycles. The van der Waals surface area contributed by atoms with Crippen LogP contribution in [0.2, 0.25) is 0 Å². The van der Waals surface area contributed by atoms with Gasteiger partial charge in [-0.2, -0.15) is 0 Å². The topological polar surface area (TPSA) is 0 Å². The largest absolute Gasteiger partial charge is 0.0795 e. The van der Waals surface area contributed by atoms with Crippen LogP contribution in [0.5, 0.6) is 0 Å². The summed E-state index contributed by atoms with van der Waals surface area (Å²) in [4.78, 5) is 0.826. The number of hydrogen-bond acceptors (Lipinski definition) is 1. The number of hydrogen-bond donors (Lipinski definition) is 0. The van der Waals surface area contributed by atoms with Crippen LogP contribution in [0.1, 0.15) is 16.7 Å². The highest BCUT2D eigenvalue weighted by atomic mass is 79.9. The van der Waals surface area contributed by atoms with E-state index < -0.39 is 0 Å². The molecule has 0 aliphatic heterocycles. The lowest BCUT2D eigenvalue weighted by atomic mass is 10.1. The highest BCUT2D eigenvalue weighted by Gasteiger charge is 2.04. The Balaban J connectivity index is 2.25. The Kier molecular flexibility index (Phi) is 5.73. The SMILES string of the molecule is Cc1ccc(C(=S)C=Cc2c(Br)cc(Br)cc2Br)cc1. The molecule has 102 valence electrons. The molecular formula is C16H11Br3S. The van der Waals surface area contributed by atoms with Crippen molar-refractivity contribution in [3.63, 3.8) is 0 Å². The molecule has 20 heavy (non-hydrogen) atoms. The predicted molar refractivity (Wildman–Crippen MR) is 101 cm³/mol. The van der Waals surface area contributed by atoms with E-state index in [0.29, 0.717) is 0 Å². The molecule has 0 unspecified atom stereocenters. The molecule has 0 fully saturated rings. The molecule has 2 aromatic carbocycles. The molecule has 0 spiro atoms. The summed E-state index contributed by atoms with van der Waals surface area (Å²) < 4.78 is 3.05. The third-order valence-electron chi connectivity index (χ3n) is 2.78. The van der Waals surface area contributed by atoms with Crippen molar-refractivity contribution in [2.75, 3.05) is 0 Å². The van der Waals surface area contributed by atoms with Crippen molar-refractivity contribution in [1.82, 2.24) is 0 Å². The fraction of sp³-hybridized carbons (Fsp3) is 0.0625. The van der Waals surface area contributed by atoms with Gasteiger partial charge in [0.1, 0.15) is 0 Å². The molecule has 4 heteroatoms. The molecule has 0 aromatic heterocycles. The Bertz CT molecular complexity index is 650. The summed E-state index contributed by atoms with van der Waals surface area (Å²) in [5, 5.41) is 0. The van der Waals surface area contributed by atoms with E-state index in [0.717, 1.165) is 29.4 Å². The van der Waals surface area contributed by atoms with E-state index in [4.69, 9.17) is 12.2 Å². The van der Waals surface area contributed by atoms with Gasteiger partial charge in [0, 0.05) is 23.8 Å². The maximum absolute atomic E-state index is 5.45. The van der Waals surface area contributed by atoms with Crippen molar-refractivity contribution in [2.24, 2.45) is 0 Å². The van der Waals surface area contributed by atoms with Crippen LogP contribution in [0, 0.1) is 6.92 Å². The minimum Gasteiger partial charge on any atom is -0.0795 e. The summed E-state index contributed by atoms with van der Waals surface area (Å²) in [5.74, 6) is 0. The molecule has 2 aromatic rings. The van der Waals surface area contributed by atoms with Gasteiger partial charge < -0.3 is 0 Å². The number of allylic oxidation sites excluding steroid dienone is 1. The first-order chi connectivity index (χ1) is 9.47. The molecule has 0 heterocycles. The molecule has 0 radical (unpaired) electrons. The molecule has 0 bridgehead atoms. The lowest BCUT2D eigenvalue weighted by Gasteiger charge is -2.04. The normalized spacial score (nSPS) is 11.0. The average molecular weight is 475 g/mol. The van der Waals surface area contributed by atoms with Gasteiger partial charge >= 0.3 is 0 Å². The van der Waals surface area contributed by atoms with E-state index >= 15 is 0 Å². The Labute approximate surface area is 149 Å². The first kappa shape index (κ1) is 16.1. The van der Waals surface area contributed by atoms with Crippen LogP contribution in [0.15, 0.2) is 55.9 Å². The van der Waals surface area contributed by atoms with Gasteiger partial charge in [0.15, 0.2) is 0 Å². The third-order valence-corrected chi connectivity index (χ3v) is 4.92. The van der Waals surface area contributed by atoms with Gasteiger partial charge in [-0.1, -0.05) is 95.9 Å². The second-order valence-corrected chi connectivity index (χ2v) is 7.41. The number of thiocarbonyl (C=S) groups is 1. The van der Waals surface area contributed by atoms with Crippen LogP contribution in [-0.2, 0) is 0 Å². The summed E-state index contributed by atoms with van der Waals surface area (Å²) >= 11 is 16.0. The van der Waals surface area contributed by atoms with Crippen LogP contribution >= 0.6 is 60.0 Å². The highest BCUT2D eigenvalue weighted by molar-refractivity contribution is 9.11. The van der Waals surface area contributed by atoms with Crippen LogP contribution in [-0.4, -0.2) is 4.86 Å². The first-order valence-corrected chi connectivity index (χ1v) is 8.70. The Hall–Kier alpha value is -0.290. The zero-order chi connectivity index (χ0) is 14.7. The molecule has 0 N–H and O–H groups in total. The number of halogens is 3. The van der Waals surface area contributed by atoms with E-state index in [1.165, 1.54) is 5.56 Å². The quantitative estimate of drug-likeness (QED) is 0.270. The van der Waals surface area contributed by atoms with Gasteiger partial charge in [0.05, 0.1) is 0 Å². The standard InChI is InChI=1S/C16H11Br3S/c1-10-2-4-11(5-3-10)16(20)7-6-13-14(18)8-12(17)9-15(13)19/h2-9H,1H3. The van der Waals surface area contributed by atoms with Crippen molar-refractivity contribution in [1.29, 1.82) is 0 Å². The second kappa shape index (κ2) is 7.12. The molecule has 0 saturated carbocycles. The molecular weight excluding hydrogens is 464 g/mol. The third kappa shape index (κ3) is 4.10. The van der Waals surface area contributed by atoms with Crippen molar-refractivity contribution in [3.8, 4) is 0 Å². The summed E-state index contributed by atoms with van der Waals surface area (Å²) in [6.45, 7) is 2.07. The van der Waals surface area contributed by atoms with Gasteiger partial charge in [0.2, 0.25) is 0 Å². The fourth-order valence-corrected chi connectivity index (χ4v) is 4.41. The zero-order valence-electron chi connectivity index (χ0n) is 10.7. The van der Waals surface area contributed by atoms with Gasteiger partial charge in [0.25, 0.3) is 0 Å². The van der Waals surface area contributed by atoms with Crippen LogP contribution in [0.3, 0.4) is 0 Å². The van der Waals surface area contributed by atoms with E-state index in [-0.39, 0.29) is 0 Å². The summed E-state index contributed by atoms with van der Waals surface area (Å²) in [7, 11) is 0. The number of aryl methyl sites for hydroxylation is 1. The smallest absolute Gasteiger partial charge is 0.0449 e. The molecule has 2 rings (SSSR count). The maximum atomic E-state index is 5.45. The average Bonchev–Trinajstić information content (AvgIpc) is 2.38. The summed E-state index contributed by atoms with van der Waals surface area (Å²) in [6.07, 6.45) is 3.97. The van der Waals surface area contributed by atoms with E-state index in [2.05, 4.69) is 66.8 Å². The Morgan fingerprint density at radius 3 is 2.10 bits per heavy atom. The number of rotatable bonds is 3. The molecule has 0 nitrogen and oxygen atoms in total. The first-order valence-electron chi connectivity index (χ1n) is 5.91. The van der Waals surface area contributed by atoms with Gasteiger partial charge in [-0.25, -0.2) is 0 Å². The zero-order valence-corrected chi connectivity index (χ0v) is 16.2. The monoisotopic (exact) mass is 472 g/mol. The molecule has 0 aliphatic rings. The van der Waals surface area contributed by atoms with Crippen molar-refractivity contribution in [3.05, 3.63) is 72.6 Å². The fourth-order valence-electron chi connectivity index (χ4n) is 1.69. The predicted octanol–water partition coefficient (Wildman–Crippen LogP) is 6.71. The lowest BCUT2D eigenvalue weighted by molar-refractivity contribution is 1.47. The summed E-state index contributed by atoms with van der Waals surface area (Å²) in [6, 6.07) is 12.3. The highest BCUT2D eigenvalue weighted by Crippen LogP contribution is 2.30. The van der Waals surface area contributed by atoms with Crippen LogP contribution < -0.4 is 0 Å². The van der Waals surface area contributed by atoms with E-state index in [1.807, 2.05) is 36.4 Å². The lowest BCUT2D eigenvalue weighted by Crippen LogP contribution is -1.92. The van der Waals surface area contributed by atoms with Crippen molar-refractivity contribution >= 4 is 70.9 Å². The molecule has 0 amide bonds. The Morgan fingerprint density at radius 1 is 1.00 bits per heavy atom. The van der Waals surface area contributed by atoms with Crippen LogP contribution in [0.25, 0.3) is 6.08 Å². The molecule has 0 atom stereocenters. The second-order valence-electron chi connectivity index (χ2n) is 4.35. The maximum Gasteiger partial charge on any atom is 0.0449 e. The van der Waals surface area contributed by atoms with E-state index in [1.54, 1.807) is 0 Å². The minimum atomic E-state index is 0.826. The van der Waals surface area contributed by atoms with Crippen molar-refractivity contribution < 1.29 is 0 Å². The van der Waals surface area contributed by atoms with Gasteiger partial charge in [-0.05, 0) is 30.7 Å². The van der Waals surface area contributed by atoms with Gasteiger partial charge in [-0.15, -0.1) is 0 Å². The van der Waals surface area contributed by atoms with Crippen LogP contribution in [0.4, 0.5) is 0 Å². The summed E-state index contributed by atoms with van der Waals surface area (Å²) in [5.41, 5.74) is 3.37. The van der Waals surface area contributed by atoms with E-state index in [9.17, 15) is 0 Å². The Morgan fingerprint density at radius 2 is 1.55 bits per heavy atom. The van der Waals surface area contributed by atoms with Crippen molar-refractivity contribution in [2.45, 2.75) is 6.92 Å². The number of benzene rings is 2. The van der Waals surface area contributed by atoms with Gasteiger partial charge in [-0.3, -0.25) is 0 Å². The molecule has 0 saturated heterocycles. The minimum absolute atomic E-state index is 0.826.